The van der Waals surface area contributed by atoms with E-state index in [9.17, 15) is 8.42 Å². The maximum atomic E-state index is 12.0. The number of hydrogen-bond donors (Lipinski definition) is 1. The number of nitrogens with zero attached hydrogens (tertiary/aromatic N) is 1. The average Bonchev–Trinajstić information content (AvgIpc) is 2.81. The van der Waals surface area contributed by atoms with E-state index in [0.717, 1.165) is 48.8 Å². The lowest BCUT2D eigenvalue weighted by atomic mass is 9.70. The Balaban J connectivity index is 1.59. The largest absolute Gasteiger partial charge is 0.490 e. The number of benzene rings is 2. The molecule has 3 aliphatic rings. The normalized spacial score (nSPS) is 23.9. The predicted molar refractivity (Wildman–Crippen MR) is 119 cm³/mol. The maximum absolute atomic E-state index is 12.0. The lowest BCUT2D eigenvalue weighted by Gasteiger charge is -2.42. The van der Waals surface area contributed by atoms with Gasteiger partial charge < -0.3 is 9.64 Å². The molecule has 30 heavy (non-hydrogen) atoms. The number of sulfonamides is 1. The fourth-order valence-corrected chi connectivity index (χ4v) is 5.99. The molecule has 2 aliphatic carbocycles. The molecular weight excluding hydrogens is 420 g/mol. The highest BCUT2D eigenvalue weighted by Gasteiger charge is 2.42. The number of anilines is 1. The van der Waals surface area contributed by atoms with Gasteiger partial charge in [-0.3, -0.25) is 0 Å². The minimum Gasteiger partial charge on any atom is -0.490 e. The summed E-state index contributed by atoms with van der Waals surface area (Å²) in [6.07, 6.45) is 6.88. The topological polar surface area (TPSA) is 72.6 Å². The van der Waals surface area contributed by atoms with Crippen molar-refractivity contribution >= 4 is 27.3 Å². The van der Waals surface area contributed by atoms with Crippen LogP contribution in [0.5, 0.6) is 5.75 Å². The SMILES string of the molecule is NS(=O)(=O)c1ccc2c(c1)N(CC1CCC1)C[C@@]1(CCCc3cc(Cl)ccc31)CO2. The lowest BCUT2D eigenvalue weighted by Crippen LogP contribution is -2.47. The van der Waals surface area contributed by atoms with Gasteiger partial charge in [0, 0.05) is 23.5 Å². The molecule has 1 aliphatic heterocycles. The molecule has 0 bridgehead atoms. The summed E-state index contributed by atoms with van der Waals surface area (Å²) >= 11 is 6.28. The van der Waals surface area contributed by atoms with Crippen LogP contribution in [0.4, 0.5) is 5.69 Å². The quantitative estimate of drug-likeness (QED) is 0.764. The van der Waals surface area contributed by atoms with Crippen LogP contribution in [-0.2, 0) is 21.9 Å². The zero-order chi connectivity index (χ0) is 20.9. The Morgan fingerprint density at radius 2 is 2.00 bits per heavy atom. The summed E-state index contributed by atoms with van der Waals surface area (Å²) in [5.74, 6) is 1.37. The van der Waals surface area contributed by atoms with E-state index in [4.69, 9.17) is 21.5 Å². The van der Waals surface area contributed by atoms with E-state index in [1.54, 1.807) is 18.2 Å². The molecule has 1 fully saturated rings. The van der Waals surface area contributed by atoms with Gasteiger partial charge in [-0.1, -0.05) is 24.1 Å². The fraction of sp³-hybridized carbons (Fsp3) is 0.478. The maximum Gasteiger partial charge on any atom is 0.238 e. The summed E-state index contributed by atoms with van der Waals surface area (Å²) in [4.78, 5) is 2.49. The van der Waals surface area contributed by atoms with E-state index in [1.165, 1.54) is 30.4 Å². The summed E-state index contributed by atoms with van der Waals surface area (Å²) in [6, 6.07) is 11.2. The molecule has 2 aromatic rings. The van der Waals surface area contributed by atoms with Gasteiger partial charge in [0.15, 0.2) is 0 Å². The van der Waals surface area contributed by atoms with Crippen LogP contribution in [0.25, 0.3) is 0 Å². The Morgan fingerprint density at radius 3 is 2.73 bits per heavy atom. The molecule has 0 saturated heterocycles. The van der Waals surface area contributed by atoms with E-state index in [-0.39, 0.29) is 10.3 Å². The first kappa shape index (κ1) is 20.2. The van der Waals surface area contributed by atoms with Gasteiger partial charge in [-0.25, -0.2) is 13.6 Å². The molecule has 7 heteroatoms. The van der Waals surface area contributed by atoms with Crippen molar-refractivity contribution in [1.29, 1.82) is 0 Å². The first-order valence-corrected chi connectivity index (χ1v) is 12.6. The highest BCUT2D eigenvalue weighted by molar-refractivity contribution is 7.89. The monoisotopic (exact) mass is 446 g/mol. The molecule has 0 aromatic heterocycles. The Hall–Kier alpha value is -1.76. The zero-order valence-corrected chi connectivity index (χ0v) is 18.5. The number of hydrogen-bond acceptors (Lipinski definition) is 4. The average molecular weight is 447 g/mol. The molecule has 1 atom stereocenters. The molecule has 5 rings (SSSR count). The molecule has 0 radical (unpaired) electrons. The van der Waals surface area contributed by atoms with E-state index in [2.05, 4.69) is 17.0 Å². The number of ether oxygens (including phenoxy) is 1. The van der Waals surface area contributed by atoms with Crippen molar-refractivity contribution in [2.45, 2.75) is 48.8 Å². The Morgan fingerprint density at radius 1 is 1.17 bits per heavy atom. The van der Waals surface area contributed by atoms with Crippen LogP contribution >= 0.6 is 11.6 Å². The third kappa shape index (κ3) is 3.59. The van der Waals surface area contributed by atoms with Gasteiger partial charge >= 0.3 is 0 Å². The molecule has 1 spiro atoms. The predicted octanol–water partition coefficient (Wildman–Crippen LogP) is 4.26. The lowest BCUT2D eigenvalue weighted by molar-refractivity contribution is 0.204. The Bertz CT molecular complexity index is 1080. The first-order valence-electron chi connectivity index (χ1n) is 10.7. The van der Waals surface area contributed by atoms with Crippen molar-refractivity contribution in [3.63, 3.8) is 0 Å². The number of nitrogens with two attached hydrogens (primary N) is 1. The van der Waals surface area contributed by atoms with Gasteiger partial charge in [0.25, 0.3) is 0 Å². The second kappa shape index (κ2) is 7.43. The first-order chi connectivity index (χ1) is 14.3. The van der Waals surface area contributed by atoms with Gasteiger partial charge in [-0.15, -0.1) is 0 Å². The van der Waals surface area contributed by atoms with Crippen molar-refractivity contribution in [2.24, 2.45) is 11.1 Å². The summed E-state index contributed by atoms with van der Waals surface area (Å²) in [7, 11) is -3.78. The Labute approximate surface area is 183 Å². The molecule has 2 N–H and O–H groups in total. The van der Waals surface area contributed by atoms with Crippen LogP contribution < -0.4 is 14.8 Å². The molecule has 160 valence electrons. The van der Waals surface area contributed by atoms with E-state index < -0.39 is 10.0 Å². The van der Waals surface area contributed by atoms with Gasteiger partial charge in [0.1, 0.15) is 5.75 Å². The molecule has 0 amide bonds. The van der Waals surface area contributed by atoms with Gasteiger partial charge in [0.2, 0.25) is 10.0 Å². The highest BCUT2D eigenvalue weighted by Crippen LogP contribution is 2.45. The van der Waals surface area contributed by atoms with Crippen molar-refractivity contribution in [1.82, 2.24) is 0 Å². The van der Waals surface area contributed by atoms with Crippen molar-refractivity contribution in [3.8, 4) is 5.75 Å². The Kier molecular flexibility index (Phi) is 4.99. The highest BCUT2D eigenvalue weighted by atomic mass is 35.5. The summed E-state index contributed by atoms with van der Waals surface area (Å²) in [6.45, 7) is 2.29. The number of rotatable bonds is 3. The van der Waals surface area contributed by atoms with Crippen LogP contribution in [0.3, 0.4) is 0 Å². The third-order valence-electron chi connectivity index (χ3n) is 7.04. The van der Waals surface area contributed by atoms with E-state index in [0.29, 0.717) is 12.5 Å². The van der Waals surface area contributed by atoms with Crippen molar-refractivity contribution in [2.75, 3.05) is 24.6 Å². The number of aryl methyl sites for hydroxylation is 1. The van der Waals surface area contributed by atoms with Gasteiger partial charge in [0.05, 0.1) is 17.2 Å². The fourth-order valence-electron chi connectivity index (χ4n) is 5.26. The summed E-state index contributed by atoms with van der Waals surface area (Å²) < 4.78 is 30.3. The number of fused-ring (bicyclic) bond motifs is 3. The van der Waals surface area contributed by atoms with E-state index >= 15 is 0 Å². The second-order valence-electron chi connectivity index (χ2n) is 9.08. The van der Waals surface area contributed by atoms with Crippen LogP contribution in [0, 0.1) is 5.92 Å². The number of halogens is 1. The second-order valence-corrected chi connectivity index (χ2v) is 11.1. The van der Waals surface area contributed by atoms with Crippen molar-refractivity contribution in [3.05, 3.63) is 52.5 Å². The molecule has 5 nitrogen and oxygen atoms in total. The summed E-state index contributed by atoms with van der Waals surface area (Å²) in [5, 5.41) is 6.20. The molecule has 1 heterocycles. The minimum atomic E-state index is -3.78. The standard InChI is InChI=1S/C23H27ClN2O3S/c24-18-6-8-20-17(11-18)5-2-10-23(20)14-26(13-16-3-1-4-16)21-12-19(30(25,27)28)7-9-22(21)29-15-23/h6-9,11-12,16H,1-5,10,13-15H2,(H2,25,27,28)/t23-/m0/s1. The van der Waals surface area contributed by atoms with Gasteiger partial charge in [-0.05, 0) is 79.5 Å². The van der Waals surface area contributed by atoms with Gasteiger partial charge in [-0.2, -0.15) is 0 Å². The minimum absolute atomic E-state index is 0.134. The number of primary sulfonamides is 1. The smallest absolute Gasteiger partial charge is 0.238 e. The molecular formula is C23H27ClN2O3S. The zero-order valence-electron chi connectivity index (χ0n) is 16.9. The van der Waals surface area contributed by atoms with Crippen LogP contribution in [0.2, 0.25) is 5.02 Å². The molecule has 1 saturated carbocycles. The van der Waals surface area contributed by atoms with Crippen LogP contribution in [0.15, 0.2) is 41.3 Å². The van der Waals surface area contributed by atoms with E-state index in [1.807, 2.05) is 6.07 Å². The molecule has 0 unspecified atom stereocenters. The van der Waals surface area contributed by atoms with Crippen LogP contribution in [-0.4, -0.2) is 28.1 Å². The molecule has 2 aromatic carbocycles. The summed E-state index contributed by atoms with van der Waals surface area (Å²) in [5.41, 5.74) is 3.32. The van der Waals surface area contributed by atoms with Crippen LogP contribution in [0.1, 0.15) is 43.2 Å². The van der Waals surface area contributed by atoms with Crippen molar-refractivity contribution < 1.29 is 13.2 Å². The third-order valence-corrected chi connectivity index (χ3v) is 8.19.